The SMILES string of the molecule is Nc1nc2c(c(=O)[nH]1)C(c1cccc([N+](=O)[O-])c1)C1=C(COC1=O)N2. The molecule has 1 atom stereocenters. The third-order valence-electron chi connectivity index (χ3n) is 4.13. The van der Waals surface area contributed by atoms with Gasteiger partial charge in [0, 0.05) is 12.1 Å². The van der Waals surface area contributed by atoms with Crippen molar-refractivity contribution in [2.24, 2.45) is 0 Å². The standard InChI is InChI=1S/C15H11N5O5/c16-15-18-12-11(13(21)19-15)9(10-8(17-12)5-25-14(10)22)6-2-1-3-7(4-6)20(23)24/h1-4,9H,5H2,(H4,16,17,18,19,21). The molecule has 1 aromatic heterocycles. The highest BCUT2D eigenvalue weighted by molar-refractivity contribution is 5.96. The lowest BCUT2D eigenvalue weighted by atomic mass is 9.82. The third kappa shape index (κ3) is 2.23. The topological polar surface area (TPSA) is 153 Å². The first-order valence-corrected chi connectivity index (χ1v) is 7.27. The van der Waals surface area contributed by atoms with Gasteiger partial charge < -0.3 is 15.8 Å². The Morgan fingerprint density at radius 1 is 1.36 bits per heavy atom. The Bertz CT molecular complexity index is 1030. The number of ether oxygens (including phenoxy) is 1. The monoisotopic (exact) mass is 341 g/mol. The average molecular weight is 341 g/mol. The van der Waals surface area contributed by atoms with Crippen LogP contribution in [0.3, 0.4) is 0 Å². The van der Waals surface area contributed by atoms with E-state index < -0.39 is 22.4 Å². The second-order valence-electron chi connectivity index (χ2n) is 5.59. The van der Waals surface area contributed by atoms with Crippen molar-refractivity contribution in [2.45, 2.75) is 5.92 Å². The van der Waals surface area contributed by atoms with Gasteiger partial charge in [-0.25, -0.2) is 4.79 Å². The first-order valence-electron chi connectivity index (χ1n) is 7.27. The number of nitrogens with zero attached hydrogens (tertiary/aromatic N) is 2. The van der Waals surface area contributed by atoms with Crippen LogP contribution in [0.1, 0.15) is 17.0 Å². The van der Waals surface area contributed by atoms with E-state index in [0.29, 0.717) is 11.3 Å². The molecule has 0 amide bonds. The lowest BCUT2D eigenvalue weighted by Gasteiger charge is -2.25. The molecule has 3 heterocycles. The van der Waals surface area contributed by atoms with E-state index in [1.54, 1.807) is 6.07 Å². The smallest absolute Gasteiger partial charge is 0.337 e. The molecule has 2 aromatic rings. The minimum atomic E-state index is -0.835. The van der Waals surface area contributed by atoms with Gasteiger partial charge in [-0.15, -0.1) is 0 Å². The lowest BCUT2D eigenvalue weighted by molar-refractivity contribution is -0.384. The van der Waals surface area contributed by atoms with Crippen molar-refractivity contribution >= 4 is 23.4 Å². The Balaban J connectivity index is 1.99. The van der Waals surface area contributed by atoms with Crippen molar-refractivity contribution in [3.63, 3.8) is 0 Å². The van der Waals surface area contributed by atoms with Gasteiger partial charge in [-0.05, 0) is 5.56 Å². The number of hydrogen-bond acceptors (Lipinski definition) is 8. The number of carbonyl (C=O) groups is 1. The minimum absolute atomic E-state index is 0.00736. The number of benzene rings is 1. The second kappa shape index (κ2) is 5.16. The molecule has 1 unspecified atom stereocenters. The van der Waals surface area contributed by atoms with Crippen LogP contribution in [0.15, 0.2) is 40.3 Å². The number of nitrogens with one attached hydrogen (secondary N) is 2. The van der Waals surface area contributed by atoms with Crippen molar-refractivity contribution < 1.29 is 14.5 Å². The molecule has 4 N–H and O–H groups in total. The zero-order valence-electron chi connectivity index (χ0n) is 12.6. The summed E-state index contributed by atoms with van der Waals surface area (Å²) in [6.07, 6.45) is 0. The number of hydrogen-bond donors (Lipinski definition) is 3. The number of fused-ring (bicyclic) bond motifs is 1. The third-order valence-corrected chi connectivity index (χ3v) is 4.13. The van der Waals surface area contributed by atoms with E-state index in [9.17, 15) is 19.7 Å². The first-order chi connectivity index (χ1) is 12.0. The predicted molar refractivity (Wildman–Crippen MR) is 85.8 cm³/mol. The molecule has 0 spiro atoms. The fraction of sp³-hybridized carbons (Fsp3) is 0.133. The van der Waals surface area contributed by atoms with Crippen LogP contribution in [0.2, 0.25) is 0 Å². The Morgan fingerprint density at radius 2 is 2.16 bits per heavy atom. The zero-order valence-corrected chi connectivity index (χ0v) is 12.6. The Labute approximate surface area is 139 Å². The van der Waals surface area contributed by atoms with E-state index >= 15 is 0 Å². The van der Waals surface area contributed by atoms with E-state index in [1.807, 2.05) is 0 Å². The Hall–Kier alpha value is -3.69. The van der Waals surface area contributed by atoms with E-state index in [1.165, 1.54) is 18.2 Å². The summed E-state index contributed by atoms with van der Waals surface area (Å²) in [5.41, 5.74) is 6.19. The van der Waals surface area contributed by atoms with Crippen LogP contribution >= 0.6 is 0 Å². The molecule has 25 heavy (non-hydrogen) atoms. The molecule has 2 aliphatic heterocycles. The second-order valence-corrected chi connectivity index (χ2v) is 5.59. The minimum Gasteiger partial charge on any atom is -0.456 e. The quantitative estimate of drug-likeness (QED) is 0.408. The van der Waals surface area contributed by atoms with Crippen molar-refractivity contribution in [3.8, 4) is 0 Å². The number of aromatic amines is 1. The van der Waals surface area contributed by atoms with Crippen molar-refractivity contribution in [1.82, 2.24) is 9.97 Å². The summed E-state index contributed by atoms with van der Waals surface area (Å²) in [7, 11) is 0. The summed E-state index contributed by atoms with van der Waals surface area (Å²) in [5.74, 6) is -1.29. The van der Waals surface area contributed by atoms with Crippen LogP contribution < -0.4 is 16.6 Å². The molecule has 0 bridgehead atoms. The zero-order chi connectivity index (χ0) is 17.7. The highest BCUT2D eigenvalue weighted by Gasteiger charge is 2.41. The number of aromatic nitrogens is 2. The number of H-pyrrole nitrogens is 1. The number of carbonyl (C=O) groups excluding carboxylic acids is 1. The Morgan fingerprint density at radius 3 is 2.92 bits per heavy atom. The van der Waals surface area contributed by atoms with Gasteiger partial charge in [0.05, 0.1) is 27.7 Å². The highest BCUT2D eigenvalue weighted by atomic mass is 16.6. The molecule has 4 rings (SSSR count). The van der Waals surface area contributed by atoms with Crippen LogP contribution in [-0.4, -0.2) is 27.5 Å². The van der Waals surface area contributed by atoms with Crippen LogP contribution in [0.4, 0.5) is 17.5 Å². The van der Waals surface area contributed by atoms with Gasteiger partial charge in [0.15, 0.2) is 0 Å². The first kappa shape index (κ1) is 14.9. The number of nitro groups is 1. The largest absolute Gasteiger partial charge is 0.456 e. The maximum absolute atomic E-state index is 12.5. The van der Waals surface area contributed by atoms with Crippen molar-refractivity contribution in [3.05, 3.63) is 67.1 Å². The lowest BCUT2D eigenvalue weighted by Crippen LogP contribution is -2.29. The number of nitrogens with two attached hydrogens (primary N) is 1. The van der Waals surface area contributed by atoms with Gasteiger partial charge in [-0.3, -0.25) is 19.9 Å². The molecule has 2 aliphatic rings. The van der Waals surface area contributed by atoms with Gasteiger partial charge in [0.2, 0.25) is 5.95 Å². The van der Waals surface area contributed by atoms with Gasteiger partial charge in [0.25, 0.3) is 11.2 Å². The summed E-state index contributed by atoms with van der Waals surface area (Å²) >= 11 is 0. The van der Waals surface area contributed by atoms with E-state index in [4.69, 9.17) is 10.5 Å². The molecule has 0 aliphatic carbocycles. The normalized spacial score (nSPS) is 18.2. The molecule has 0 fully saturated rings. The number of nitrogen functional groups attached to an aromatic ring is 1. The molecule has 0 saturated heterocycles. The fourth-order valence-corrected chi connectivity index (χ4v) is 3.11. The fourth-order valence-electron chi connectivity index (χ4n) is 3.11. The summed E-state index contributed by atoms with van der Waals surface area (Å²) in [5, 5.41) is 14.0. The van der Waals surface area contributed by atoms with E-state index in [2.05, 4.69) is 15.3 Å². The number of esters is 1. The maximum atomic E-state index is 12.5. The summed E-state index contributed by atoms with van der Waals surface area (Å²) in [6, 6.07) is 5.76. The Kier molecular flexibility index (Phi) is 3.07. The predicted octanol–water partition coefficient (Wildman–Crippen LogP) is 0.629. The van der Waals surface area contributed by atoms with Crippen LogP contribution in [0.25, 0.3) is 0 Å². The highest BCUT2D eigenvalue weighted by Crippen LogP contribution is 2.42. The number of cyclic esters (lactones) is 1. The van der Waals surface area contributed by atoms with E-state index in [-0.39, 0.29) is 35.2 Å². The molecular weight excluding hydrogens is 330 g/mol. The molecule has 10 nitrogen and oxygen atoms in total. The summed E-state index contributed by atoms with van der Waals surface area (Å²) in [6.45, 7) is 0.00736. The number of rotatable bonds is 2. The van der Waals surface area contributed by atoms with Gasteiger partial charge in [-0.1, -0.05) is 12.1 Å². The van der Waals surface area contributed by atoms with Crippen molar-refractivity contribution in [2.75, 3.05) is 17.7 Å². The maximum Gasteiger partial charge on any atom is 0.337 e. The molecule has 1 aromatic carbocycles. The summed E-state index contributed by atoms with van der Waals surface area (Å²) < 4.78 is 5.05. The van der Waals surface area contributed by atoms with E-state index in [0.717, 1.165) is 0 Å². The summed E-state index contributed by atoms with van der Waals surface area (Å²) in [4.78, 5) is 41.6. The van der Waals surface area contributed by atoms with Crippen molar-refractivity contribution in [1.29, 1.82) is 0 Å². The average Bonchev–Trinajstić information content (AvgIpc) is 2.93. The van der Waals surface area contributed by atoms with Crippen LogP contribution in [-0.2, 0) is 9.53 Å². The molecule has 0 saturated carbocycles. The van der Waals surface area contributed by atoms with Crippen LogP contribution in [0, 0.1) is 10.1 Å². The van der Waals surface area contributed by atoms with Crippen LogP contribution in [0.5, 0.6) is 0 Å². The number of nitro benzene ring substituents is 1. The molecule has 0 radical (unpaired) electrons. The molecular formula is C15H11N5O5. The number of non-ortho nitro benzene ring substituents is 1. The molecule has 126 valence electrons. The molecule has 10 heteroatoms. The van der Waals surface area contributed by atoms with Gasteiger partial charge in [-0.2, -0.15) is 4.98 Å². The number of anilines is 2. The van der Waals surface area contributed by atoms with Gasteiger partial charge in [0.1, 0.15) is 12.4 Å². The van der Waals surface area contributed by atoms with Gasteiger partial charge >= 0.3 is 5.97 Å².